The first-order chi connectivity index (χ1) is 16.3. The fraction of sp³-hybridized carbons (Fsp3) is 0.385. The highest BCUT2D eigenvalue weighted by atomic mass is 19.4. The molecule has 1 aromatic heterocycles. The Kier molecular flexibility index (Phi) is 6.95. The number of nitrogens with zero attached hydrogens (tertiary/aromatic N) is 4. The SMILES string of the molecule is CCCN(CC)C(=O)c1cc(N2CCN(c3cccc(C(F)(F)F)c3)CC2)nc2ccccc12. The van der Waals surface area contributed by atoms with Crippen LogP contribution in [0.15, 0.2) is 54.6 Å². The lowest BCUT2D eigenvalue weighted by Crippen LogP contribution is -2.47. The van der Waals surface area contributed by atoms with E-state index >= 15 is 0 Å². The van der Waals surface area contributed by atoms with Gasteiger partial charge in [0, 0.05) is 50.3 Å². The van der Waals surface area contributed by atoms with E-state index in [0.29, 0.717) is 50.5 Å². The average Bonchev–Trinajstić information content (AvgIpc) is 2.86. The summed E-state index contributed by atoms with van der Waals surface area (Å²) in [6.07, 6.45) is -3.48. The van der Waals surface area contributed by atoms with E-state index in [2.05, 4.69) is 11.8 Å². The monoisotopic (exact) mass is 470 g/mol. The second-order valence-corrected chi connectivity index (χ2v) is 8.45. The van der Waals surface area contributed by atoms with Crippen molar-refractivity contribution < 1.29 is 18.0 Å². The Morgan fingerprint density at radius 1 is 0.971 bits per heavy atom. The van der Waals surface area contributed by atoms with Gasteiger partial charge in [-0.15, -0.1) is 0 Å². The van der Waals surface area contributed by atoms with Crippen molar-refractivity contribution in [3.05, 3.63) is 65.7 Å². The van der Waals surface area contributed by atoms with Crippen molar-refractivity contribution in [3.63, 3.8) is 0 Å². The summed E-state index contributed by atoms with van der Waals surface area (Å²) in [5, 5.41) is 0.827. The molecule has 1 saturated heterocycles. The molecule has 0 spiro atoms. The van der Waals surface area contributed by atoms with E-state index in [0.717, 1.165) is 29.2 Å². The summed E-state index contributed by atoms with van der Waals surface area (Å²) in [5.41, 5.74) is 1.32. The molecule has 4 rings (SSSR count). The van der Waals surface area contributed by atoms with Crippen LogP contribution in [-0.2, 0) is 6.18 Å². The molecule has 34 heavy (non-hydrogen) atoms. The van der Waals surface area contributed by atoms with Gasteiger partial charge in [-0.25, -0.2) is 4.98 Å². The van der Waals surface area contributed by atoms with Crippen LogP contribution < -0.4 is 9.80 Å². The first-order valence-electron chi connectivity index (χ1n) is 11.7. The molecule has 1 fully saturated rings. The second kappa shape index (κ2) is 9.91. The fourth-order valence-corrected chi connectivity index (χ4v) is 4.42. The third kappa shape index (κ3) is 4.95. The van der Waals surface area contributed by atoms with Gasteiger partial charge in [-0.2, -0.15) is 13.2 Å². The molecule has 3 aromatic rings. The first kappa shape index (κ1) is 23.9. The van der Waals surface area contributed by atoms with Crippen molar-refractivity contribution in [3.8, 4) is 0 Å². The summed E-state index contributed by atoms with van der Waals surface area (Å²) < 4.78 is 39.3. The molecule has 0 radical (unpaired) electrons. The number of alkyl halides is 3. The maximum Gasteiger partial charge on any atom is 0.416 e. The number of pyridine rings is 1. The van der Waals surface area contributed by atoms with Crippen molar-refractivity contribution in [2.45, 2.75) is 26.4 Å². The maximum absolute atomic E-state index is 13.3. The minimum absolute atomic E-state index is 0.00759. The Labute approximate surface area is 197 Å². The quantitative estimate of drug-likeness (QED) is 0.480. The highest BCUT2D eigenvalue weighted by Crippen LogP contribution is 2.32. The molecule has 180 valence electrons. The lowest BCUT2D eigenvalue weighted by molar-refractivity contribution is -0.137. The van der Waals surface area contributed by atoms with E-state index in [-0.39, 0.29) is 5.91 Å². The summed E-state index contributed by atoms with van der Waals surface area (Å²) in [5.74, 6) is 0.713. The smallest absolute Gasteiger partial charge is 0.368 e. The summed E-state index contributed by atoms with van der Waals surface area (Å²) in [7, 11) is 0. The van der Waals surface area contributed by atoms with Crippen LogP contribution in [0.25, 0.3) is 10.9 Å². The molecule has 1 aliphatic heterocycles. The van der Waals surface area contributed by atoms with Crippen molar-refractivity contribution in [1.82, 2.24) is 9.88 Å². The zero-order chi connectivity index (χ0) is 24.3. The van der Waals surface area contributed by atoms with E-state index in [4.69, 9.17) is 4.98 Å². The molecule has 2 heterocycles. The van der Waals surface area contributed by atoms with E-state index in [1.807, 2.05) is 47.1 Å². The van der Waals surface area contributed by atoms with Crippen molar-refractivity contribution >= 4 is 28.3 Å². The molecule has 0 saturated carbocycles. The largest absolute Gasteiger partial charge is 0.416 e. The number of piperazine rings is 1. The Balaban J connectivity index is 1.58. The number of para-hydroxylation sites is 1. The zero-order valence-corrected chi connectivity index (χ0v) is 19.5. The number of hydrogen-bond acceptors (Lipinski definition) is 4. The first-order valence-corrected chi connectivity index (χ1v) is 11.7. The number of rotatable bonds is 6. The Hall–Kier alpha value is -3.29. The molecule has 1 aliphatic rings. The van der Waals surface area contributed by atoms with Gasteiger partial charge in [-0.1, -0.05) is 31.2 Å². The van der Waals surface area contributed by atoms with Crippen molar-refractivity contribution in [2.24, 2.45) is 0 Å². The van der Waals surface area contributed by atoms with E-state index < -0.39 is 11.7 Å². The van der Waals surface area contributed by atoms with Crippen LogP contribution in [-0.4, -0.2) is 55.1 Å². The standard InChI is InChI=1S/C26H29F3N4O/c1-3-12-31(4-2)25(34)22-18-24(30-23-11-6-5-10-21(22)23)33-15-13-32(14-16-33)20-9-7-8-19(17-20)26(27,28)29/h5-11,17-18H,3-4,12-16H2,1-2H3. The Morgan fingerprint density at radius 3 is 2.35 bits per heavy atom. The summed E-state index contributed by atoms with van der Waals surface area (Å²) in [6, 6.07) is 15.0. The predicted octanol–water partition coefficient (Wildman–Crippen LogP) is 5.45. The minimum atomic E-state index is -4.36. The van der Waals surface area contributed by atoms with Gasteiger partial charge in [0.05, 0.1) is 16.6 Å². The highest BCUT2D eigenvalue weighted by molar-refractivity contribution is 6.07. The zero-order valence-electron chi connectivity index (χ0n) is 19.5. The number of fused-ring (bicyclic) bond motifs is 1. The molecule has 0 N–H and O–H groups in total. The lowest BCUT2D eigenvalue weighted by Gasteiger charge is -2.37. The number of halogens is 3. The van der Waals surface area contributed by atoms with Gasteiger partial charge in [-0.3, -0.25) is 4.79 Å². The number of benzene rings is 2. The van der Waals surface area contributed by atoms with Crippen LogP contribution in [0.1, 0.15) is 36.2 Å². The molecular formula is C26H29F3N4O. The van der Waals surface area contributed by atoms with Gasteiger partial charge in [-0.05, 0) is 43.7 Å². The van der Waals surface area contributed by atoms with Gasteiger partial charge < -0.3 is 14.7 Å². The molecule has 0 unspecified atom stereocenters. The minimum Gasteiger partial charge on any atom is -0.368 e. The maximum atomic E-state index is 13.3. The van der Waals surface area contributed by atoms with Crippen LogP contribution >= 0.6 is 0 Å². The fourth-order valence-electron chi connectivity index (χ4n) is 4.42. The van der Waals surface area contributed by atoms with Crippen molar-refractivity contribution in [1.29, 1.82) is 0 Å². The van der Waals surface area contributed by atoms with Gasteiger partial charge in [0.2, 0.25) is 0 Å². The number of carbonyl (C=O) groups excluding carboxylic acids is 1. The van der Waals surface area contributed by atoms with Crippen LogP contribution in [0.2, 0.25) is 0 Å². The summed E-state index contributed by atoms with van der Waals surface area (Å²) in [6.45, 7) is 7.68. The summed E-state index contributed by atoms with van der Waals surface area (Å²) >= 11 is 0. The van der Waals surface area contributed by atoms with Crippen LogP contribution in [0, 0.1) is 0 Å². The molecule has 8 heteroatoms. The lowest BCUT2D eigenvalue weighted by atomic mass is 10.1. The molecule has 0 atom stereocenters. The number of amides is 1. The third-order valence-electron chi connectivity index (χ3n) is 6.24. The average molecular weight is 471 g/mol. The molecule has 0 aliphatic carbocycles. The topological polar surface area (TPSA) is 39.7 Å². The number of hydrogen-bond donors (Lipinski definition) is 0. The van der Waals surface area contributed by atoms with Crippen LogP contribution in [0.4, 0.5) is 24.7 Å². The highest BCUT2D eigenvalue weighted by Gasteiger charge is 2.31. The predicted molar refractivity (Wildman–Crippen MR) is 129 cm³/mol. The van der Waals surface area contributed by atoms with Crippen molar-refractivity contribution in [2.75, 3.05) is 49.1 Å². The van der Waals surface area contributed by atoms with Crippen LogP contribution in [0.5, 0.6) is 0 Å². The van der Waals surface area contributed by atoms with Gasteiger partial charge in [0.25, 0.3) is 5.91 Å². The van der Waals surface area contributed by atoms with Gasteiger partial charge in [0.1, 0.15) is 5.82 Å². The number of carbonyl (C=O) groups is 1. The Bertz CT molecular complexity index is 1160. The van der Waals surface area contributed by atoms with E-state index in [1.165, 1.54) is 12.1 Å². The molecular weight excluding hydrogens is 441 g/mol. The van der Waals surface area contributed by atoms with Gasteiger partial charge >= 0.3 is 6.18 Å². The van der Waals surface area contributed by atoms with E-state index in [9.17, 15) is 18.0 Å². The summed E-state index contributed by atoms with van der Waals surface area (Å²) in [4.78, 5) is 24.1. The molecule has 1 amide bonds. The molecule has 0 bridgehead atoms. The Morgan fingerprint density at radius 2 is 1.68 bits per heavy atom. The second-order valence-electron chi connectivity index (χ2n) is 8.45. The van der Waals surface area contributed by atoms with Crippen LogP contribution in [0.3, 0.4) is 0 Å². The normalized spacial score (nSPS) is 14.5. The van der Waals surface area contributed by atoms with E-state index in [1.54, 1.807) is 6.07 Å². The molecule has 2 aromatic carbocycles. The van der Waals surface area contributed by atoms with Gasteiger partial charge in [0.15, 0.2) is 0 Å². The number of aromatic nitrogens is 1. The number of anilines is 2. The third-order valence-corrected chi connectivity index (χ3v) is 6.24. The molecule has 5 nitrogen and oxygen atoms in total.